The molecule has 2 N–H and O–H groups in total. The Kier molecular flexibility index (Phi) is 5.85. The first-order chi connectivity index (χ1) is 13.0. The Morgan fingerprint density at radius 3 is 2.33 bits per heavy atom. The fraction of sp³-hybridized carbons (Fsp3) is 0.368. The summed E-state index contributed by atoms with van der Waals surface area (Å²) in [5, 5.41) is 5.53. The number of carbonyl (C=O) groups excluding carboxylic acids is 2. The molecule has 3 amide bonds. The number of benzene rings is 1. The summed E-state index contributed by atoms with van der Waals surface area (Å²) in [5.41, 5.74) is 0.996. The number of rotatable bonds is 4. The Morgan fingerprint density at radius 2 is 1.67 bits per heavy atom. The van der Waals surface area contributed by atoms with Gasteiger partial charge in [-0.25, -0.2) is 14.8 Å². The van der Waals surface area contributed by atoms with Crippen LogP contribution in [-0.4, -0.2) is 59.0 Å². The fourth-order valence-corrected chi connectivity index (χ4v) is 2.93. The second kappa shape index (κ2) is 8.48. The van der Waals surface area contributed by atoms with E-state index in [2.05, 4.69) is 25.5 Å². The Balaban J connectivity index is 1.66. The van der Waals surface area contributed by atoms with Crippen LogP contribution in [0.15, 0.2) is 42.7 Å². The van der Waals surface area contributed by atoms with Crippen LogP contribution in [0.3, 0.4) is 0 Å². The molecule has 8 nitrogen and oxygen atoms in total. The number of aromatic nitrogens is 2. The minimum atomic E-state index is -0.323. The van der Waals surface area contributed by atoms with Gasteiger partial charge in [0.25, 0.3) is 5.91 Å². The van der Waals surface area contributed by atoms with Crippen LogP contribution in [0.4, 0.5) is 16.4 Å². The van der Waals surface area contributed by atoms with Crippen LogP contribution in [0.2, 0.25) is 0 Å². The first-order valence-corrected chi connectivity index (χ1v) is 9.02. The molecule has 3 rings (SSSR count). The maximum atomic E-state index is 13.0. The van der Waals surface area contributed by atoms with Gasteiger partial charge in [-0.1, -0.05) is 12.1 Å². The lowest BCUT2D eigenvalue weighted by Crippen LogP contribution is -2.49. The molecule has 2 aromatic rings. The summed E-state index contributed by atoms with van der Waals surface area (Å²) in [5.74, 6) is 0.584. The van der Waals surface area contributed by atoms with Crippen molar-refractivity contribution in [3.05, 3.63) is 48.3 Å². The number of hydrogen-bond acceptors (Lipinski definition) is 5. The normalized spacial score (nSPS) is 14.2. The van der Waals surface area contributed by atoms with Gasteiger partial charge in [0.15, 0.2) is 0 Å². The molecule has 27 heavy (non-hydrogen) atoms. The lowest BCUT2D eigenvalue weighted by atomic mass is 10.1. The van der Waals surface area contributed by atoms with Gasteiger partial charge in [-0.05, 0) is 32.0 Å². The van der Waals surface area contributed by atoms with E-state index < -0.39 is 0 Å². The number of amides is 3. The zero-order valence-electron chi connectivity index (χ0n) is 15.6. The van der Waals surface area contributed by atoms with Crippen molar-refractivity contribution in [3.8, 4) is 0 Å². The molecule has 8 heteroatoms. The number of urea groups is 1. The minimum Gasteiger partial charge on any atom is -0.337 e. The van der Waals surface area contributed by atoms with Crippen LogP contribution in [-0.2, 0) is 0 Å². The van der Waals surface area contributed by atoms with Crippen molar-refractivity contribution in [1.29, 1.82) is 0 Å². The second-order valence-electron chi connectivity index (χ2n) is 6.63. The quantitative estimate of drug-likeness (QED) is 0.861. The number of nitrogens with zero attached hydrogens (tertiary/aromatic N) is 4. The molecule has 0 spiro atoms. The van der Waals surface area contributed by atoms with Gasteiger partial charge in [-0.15, -0.1) is 0 Å². The molecule has 142 valence electrons. The van der Waals surface area contributed by atoms with Gasteiger partial charge in [0.05, 0.1) is 11.3 Å². The van der Waals surface area contributed by atoms with E-state index in [0.717, 1.165) is 0 Å². The van der Waals surface area contributed by atoms with Gasteiger partial charge in [-0.2, -0.15) is 0 Å². The van der Waals surface area contributed by atoms with Gasteiger partial charge in [0, 0.05) is 44.6 Å². The highest BCUT2D eigenvalue weighted by molar-refractivity contribution is 6.03. The molecule has 0 aliphatic carbocycles. The Labute approximate surface area is 158 Å². The SMILES string of the molecule is CC(C)NC(=O)Nc1ccccc1C(=O)N1CCN(c2ncccn2)CC1. The highest BCUT2D eigenvalue weighted by Gasteiger charge is 2.25. The number of piperazine rings is 1. The van der Waals surface area contributed by atoms with Crippen molar-refractivity contribution in [1.82, 2.24) is 20.2 Å². The maximum absolute atomic E-state index is 13.0. The Hall–Kier alpha value is -3.16. The maximum Gasteiger partial charge on any atom is 0.319 e. The third-order valence-electron chi connectivity index (χ3n) is 4.23. The van der Waals surface area contributed by atoms with E-state index in [1.54, 1.807) is 47.6 Å². The van der Waals surface area contributed by atoms with E-state index in [0.29, 0.717) is 43.4 Å². The van der Waals surface area contributed by atoms with Crippen LogP contribution in [0.5, 0.6) is 0 Å². The molecule has 1 aliphatic heterocycles. The summed E-state index contributed by atoms with van der Waals surface area (Å²) in [7, 11) is 0. The van der Waals surface area contributed by atoms with Crippen molar-refractivity contribution < 1.29 is 9.59 Å². The topological polar surface area (TPSA) is 90.5 Å². The first-order valence-electron chi connectivity index (χ1n) is 9.02. The van der Waals surface area contributed by atoms with Crippen LogP contribution in [0, 0.1) is 0 Å². The van der Waals surface area contributed by atoms with Crippen molar-refractivity contribution >= 4 is 23.6 Å². The predicted octanol–water partition coefficient (Wildman–Crippen LogP) is 1.97. The van der Waals surface area contributed by atoms with Crippen LogP contribution < -0.4 is 15.5 Å². The lowest BCUT2D eigenvalue weighted by Gasteiger charge is -2.35. The molecular formula is C19H24N6O2. The molecule has 1 aromatic heterocycles. The number of anilines is 2. The van der Waals surface area contributed by atoms with Gasteiger partial charge in [-0.3, -0.25) is 4.79 Å². The van der Waals surface area contributed by atoms with E-state index in [1.165, 1.54) is 0 Å². The van der Waals surface area contributed by atoms with E-state index in [4.69, 9.17) is 0 Å². The van der Waals surface area contributed by atoms with E-state index in [-0.39, 0.29) is 18.0 Å². The molecule has 0 bridgehead atoms. The smallest absolute Gasteiger partial charge is 0.319 e. The highest BCUT2D eigenvalue weighted by atomic mass is 16.2. The van der Waals surface area contributed by atoms with Crippen LogP contribution in [0.25, 0.3) is 0 Å². The summed E-state index contributed by atoms with van der Waals surface area (Å²) in [6, 6.07) is 8.54. The molecule has 1 aromatic carbocycles. The first kappa shape index (κ1) is 18.6. The minimum absolute atomic E-state index is 0.0150. The largest absolute Gasteiger partial charge is 0.337 e. The van der Waals surface area contributed by atoms with Crippen molar-refractivity contribution in [2.45, 2.75) is 19.9 Å². The zero-order chi connectivity index (χ0) is 19.2. The molecule has 1 saturated heterocycles. The van der Waals surface area contributed by atoms with Gasteiger partial charge in [0.1, 0.15) is 0 Å². The van der Waals surface area contributed by atoms with Crippen LogP contribution >= 0.6 is 0 Å². The average molecular weight is 368 g/mol. The van der Waals surface area contributed by atoms with E-state index in [9.17, 15) is 9.59 Å². The van der Waals surface area contributed by atoms with Gasteiger partial charge >= 0.3 is 6.03 Å². The van der Waals surface area contributed by atoms with Crippen molar-refractivity contribution in [2.24, 2.45) is 0 Å². The molecule has 0 saturated carbocycles. The molecular weight excluding hydrogens is 344 g/mol. The highest BCUT2D eigenvalue weighted by Crippen LogP contribution is 2.19. The molecule has 1 aliphatic rings. The fourth-order valence-electron chi connectivity index (χ4n) is 2.93. The Bertz CT molecular complexity index is 788. The van der Waals surface area contributed by atoms with Crippen molar-refractivity contribution in [3.63, 3.8) is 0 Å². The third kappa shape index (κ3) is 4.72. The standard InChI is InChI=1S/C19H24N6O2/c1-14(2)22-19(27)23-16-7-4-3-6-15(16)17(26)24-10-12-25(13-11-24)18-20-8-5-9-21-18/h3-9,14H,10-13H2,1-2H3,(H2,22,23,27). The Morgan fingerprint density at radius 1 is 1.00 bits per heavy atom. The second-order valence-corrected chi connectivity index (χ2v) is 6.63. The van der Waals surface area contributed by atoms with Gasteiger partial charge < -0.3 is 20.4 Å². The monoisotopic (exact) mass is 368 g/mol. The molecule has 0 unspecified atom stereocenters. The molecule has 2 heterocycles. The van der Waals surface area contributed by atoms with Gasteiger partial charge in [0.2, 0.25) is 5.95 Å². The zero-order valence-corrected chi connectivity index (χ0v) is 15.6. The third-order valence-corrected chi connectivity index (χ3v) is 4.23. The summed E-state index contributed by atoms with van der Waals surface area (Å²) in [6.07, 6.45) is 3.42. The summed E-state index contributed by atoms with van der Waals surface area (Å²) < 4.78 is 0. The van der Waals surface area contributed by atoms with E-state index >= 15 is 0 Å². The number of para-hydroxylation sites is 1. The molecule has 1 fully saturated rings. The van der Waals surface area contributed by atoms with Crippen molar-refractivity contribution in [2.75, 3.05) is 36.4 Å². The molecule has 0 radical (unpaired) electrons. The lowest BCUT2D eigenvalue weighted by molar-refractivity contribution is 0.0747. The van der Waals surface area contributed by atoms with Crippen LogP contribution in [0.1, 0.15) is 24.2 Å². The summed E-state index contributed by atoms with van der Waals surface area (Å²) in [4.78, 5) is 37.3. The average Bonchev–Trinajstić information content (AvgIpc) is 2.68. The van der Waals surface area contributed by atoms with E-state index in [1.807, 2.05) is 13.8 Å². The number of carbonyl (C=O) groups is 2. The number of hydrogen-bond donors (Lipinski definition) is 2. The number of nitrogens with one attached hydrogen (secondary N) is 2. The summed E-state index contributed by atoms with van der Waals surface area (Å²) in [6.45, 7) is 6.24. The predicted molar refractivity (Wildman–Crippen MR) is 104 cm³/mol. The summed E-state index contributed by atoms with van der Waals surface area (Å²) >= 11 is 0. The molecule has 0 atom stereocenters.